The molecule has 0 amide bonds. The molecule has 4 nitrogen and oxygen atoms in total. The molecule has 0 aromatic heterocycles. The first-order chi connectivity index (χ1) is 12.5. The van der Waals surface area contributed by atoms with Crippen LogP contribution in [-0.2, 0) is 16.6 Å². The van der Waals surface area contributed by atoms with E-state index in [0.29, 0.717) is 11.4 Å². The quantitative estimate of drug-likeness (QED) is 0.511. The van der Waals surface area contributed by atoms with Crippen molar-refractivity contribution in [3.05, 3.63) is 64.1 Å². The second-order valence-electron chi connectivity index (χ2n) is 6.43. The molecule has 6 heteroatoms. The third-order valence-electron chi connectivity index (χ3n) is 4.15. The molecule has 2 rings (SSSR count). The minimum absolute atomic E-state index is 0.334. The first kappa shape index (κ1) is 21.1. The zero-order valence-corrected chi connectivity index (χ0v) is 17.6. The first-order valence-corrected chi connectivity index (χ1v) is 11.3. The van der Waals surface area contributed by atoms with Gasteiger partial charge in [-0.05, 0) is 56.1 Å². The predicted molar refractivity (Wildman–Crippen MR) is 111 cm³/mol. The lowest BCUT2D eigenvalue weighted by Gasteiger charge is -2.08. The largest absolute Gasteiger partial charge is 0.313 e. The van der Waals surface area contributed by atoms with Gasteiger partial charge in [-0.2, -0.15) is 0 Å². The van der Waals surface area contributed by atoms with Crippen LogP contribution in [0.4, 0.5) is 0 Å². The summed E-state index contributed by atoms with van der Waals surface area (Å²) in [7, 11) is -3.38. The van der Waals surface area contributed by atoms with Crippen molar-refractivity contribution in [3.63, 3.8) is 0 Å². The van der Waals surface area contributed by atoms with Crippen LogP contribution in [0, 0.1) is 6.92 Å². The van der Waals surface area contributed by atoms with E-state index < -0.39 is 10.0 Å². The lowest BCUT2D eigenvalue weighted by Crippen LogP contribution is -2.24. The molecule has 0 saturated carbocycles. The van der Waals surface area contributed by atoms with Crippen LogP contribution in [0.1, 0.15) is 36.8 Å². The molecule has 2 N–H and O–H groups in total. The normalized spacial score (nSPS) is 11.6. The van der Waals surface area contributed by atoms with Crippen LogP contribution in [0.25, 0.3) is 0 Å². The zero-order valence-electron chi connectivity index (χ0n) is 15.2. The van der Waals surface area contributed by atoms with Crippen molar-refractivity contribution in [2.45, 2.75) is 44.0 Å². The standard InChI is InChI=1S/C20H27BrN2O2S/c1-17-6-12-20(13-7-17)26(24,25)23-15-5-3-2-4-14-22-16-18-8-10-19(21)11-9-18/h6-13,22-23H,2-5,14-16H2,1H3. The van der Waals surface area contributed by atoms with E-state index in [1.807, 2.05) is 19.1 Å². The minimum atomic E-state index is -3.38. The van der Waals surface area contributed by atoms with E-state index >= 15 is 0 Å². The highest BCUT2D eigenvalue weighted by Gasteiger charge is 2.12. The lowest BCUT2D eigenvalue weighted by atomic mass is 10.2. The number of hydrogen-bond acceptors (Lipinski definition) is 3. The van der Waals surface area contributed by atoms with Crippen molar-refractivity contribution in [1.29, 1.82) is 0 Å². The van der Waals surface area contributed by atoms with Gasteiger partial charge < -0.3 is 5.32 Å². The van der Waals surface area contributed by atoms with Crippen molar-refractivity contribution >= 4 is 26.0 Å². The molecule has 0 saturated heterocycles. The fourth-order valence-electron chi connectivity index (χ4n) is 2.57. The van der Waals surface area contributed by atoms with Gasteiger partial charge in [0.2, 0.25) is 10.0 Å². The number of aryl methyl sites for hydroxylation is 1. The maximum atomic E-state index is 12.1. The van der Waals surface area contributed by atoms with Gasteiger partial charge >= 0.3 is 0 Å². The van der Waals surface area contributed by atoms with Gasteiger partial charge in [-0.3, -0.25) is 0 Å². The number of sulfonamides is 1. The summed E-state index contributed by atoms with van der Waals surface area (Å²) in [5.74, 6) is 0. The Bertz CT molecular complexity index is 759. The Hall–Kier alpha value is -1.21. The van der Waals surface area contributed by atoms with E-state index in [1.54, 1.807) is 12.1 Å². The van der Waals surface area contributed by atoms with Gasteiger partial charge in [0, 0.05) is 17.6 Å². The predicted octanol–water partition coefficient (Wildman–Crippen LogP) is 4.39. The molecule has 0 atom stereocenters. The third-order valence-corrected chi connectivity index (χ3v) is 6.15. The van der Waals surface area contributed by atoms with E-state index in [4.69, 9.17) is 0 Å². The number of nitrogens with one attached hydrogen (secondary N) is 2. The molecule has 142 valence electrons. The second-order valence-corrected chi connectivity index (χ2v) is 9.11. The van der Waals surface area contributed by atoms with Gasteiger partial charge in [-0.15, -0.1) is 0 Å². The van der Waals surface area contributed by atoms with Gasteiger partial charge in [0.15, 0.2) is 0 Å². The Morgan fingerprint density at radius 3 is 2.12 bits per heavy atom. The first-order valence-electron chi connectivity index (χ1n) is 8.99. The fourth-order valence-corrected chi connectivity index (χ4v) is 3.91. The molecular weight excluding hydrogens is 412 g/mol. The molecule has 0 bridgehead atoms. The summed E-state index contributed by atoms with van der Waals surface area (Å²) >= 11 is 3.43. The highest BCUT2D eigenvalue weighted by atomic mass is 79.9. The van der Waals surface area contributed by atoms with Gasteiger partial charge in [0.05, 0.1) is 4.90 Å². The molecule has 0 radical (unpaired) electrons. The Balaban J connectivity index is 1.52. The van der Waals surface area contributed by atoms with Crippen molar-refractivity contribution in [2.75, 3.05) is 13.1 Å². The van der Waals surface area contributed by atoms with Crippen LogP contribution in [0.3, 0.4) is 0 Å². The summed E-state index contributed by atoms with van der Waals surface area (Å²) in [6.07, 6.45) is 4.08. The summed E-state index contributed by atoms with van der Waals surface area (Å²) in [6, 6.07) is 15.2. The van der Waals surface area contributed by atoms with Crippen LogP contribution in [0.15, 0.2) is 57.9 Å². The average Bonchev–Trinajstić information content (AvgIpc) is 2.62. The van der Waals surface area contributed by atoms with Crippen molar-refractivity contribution < 1.29 is 8.42 Å². The van der Waals surface area contributed by atoms with Crippen LogP contribution in [0.2, 0.25) is 0 Å². The summed E-state index contributed by atoms with van der Waals surface area (Å²) in [4.78, 5) is 0.334. The average molecular weight is 439 g/mol. The minimum Gasteiger partial charge on any atom is -0.313 e. The topological polar surface area (TPSA) is 58.2 Å². The van der Waals surface area contributed by atoms with E-state index in [0.717, 1.165) is 48.8 Å². The van der Waals surface area contributed by atoms with Crippen molar-refractivity contribution in [3.8, 4) is 0 Å². The molecule has 0 aliphatic heterocycles. The highest BCUT2D eigenvalue weighted by Crippen LogP contribution is 2.11. The van der Waals surface area contributed by atoms with Gasteiger partial charge in [-0.25, -0.2) is 13.1 Å². The fraction of sp³-hybridized carbons (Fsp3) is 0.400. The summed E-state index contributed by atoms with van der Waals surface area (Å²) in [5, 5.41) is 3.44. The van der Waals surface area contributed by atoms with E-state index in [9.17, 15) is 8.42 Å². The number of rotatable bonds is 11. The van der Waals surface area contributed by atoms with Crippen LogP contribution in [0.5, 0.6) is 0 Å². The highest BCUT2D eigenvalue weighted by molar-refractivity contribution is 9.10. The Morgan fingerprint density at radius 1 is 0.846 bits per heavy atom. The molecule has 0 unspecified atom stereocenters. The summed E-state index contributed by atoms with van der Waals surface area (Å²) in [5.41, 5.74) is 2.33. The number of unbranched alkanes of at least 4 members (excludes halogenated alkanes) is 3. The molecule has 2 aromatic carbocycles. The Kier molecular flexibility index (Phi) is 8.78. The molecule has 0 spiro atoms. The zero-order chi connectivity index (χ0) is 18.8. The number of benzene rings is 2. The summed E-state index contributed by atoms with van der Waals surface area (Å²) < 4.78 is 28.1. The summed E-state index contributed by atoms with van der Waals surface area (Å²) in [6.45, 7) is 4.29. The van der Waals surface area contributed by atoms with E-state index in [1.165, 1.54) is 5.56 Å². The van der Waals surface area contributed by atoms with Crippen molar-refractivity contribution in [1.82, 2.24) is 10.0 Å². The number of hydrogen-bond donors (Lipinski definition) is 2. The van der Waals surface area contributed by atoms with Gasteiger partial charge in [0.1, 0.15) is 0 Å². The van der Waals surface area contributed by atoms with Gasteiger partial charge in [0.25, 0.3) is 0 Å². The van der Waals surface area contributed by atoms with Crippen molar-refractivity contribution in [2.24, 2.45) is 0 Å². The van der Waals surface area contributed by atoms with Crippen LogP contribution in [-0.4, -0.2) is 21.5 Å². The molecule has 26 heavy (non-hydrogen) atoms. The second kappa shape index (κ2) is 10.8. The molecule has 0 fully saturated rings. The lowest BCUT2D eigenvalue weighted by molar-refractivity contribution is 0.564. The number of halogens is 1. The molecule has 0 heterocycles. The molecule has 0 aliphatic carbocycles. The SMILES string of the molecule is Cc1ccc(S(=O)(=O)NCCCCCCNCc2ccc(Br)cc2)cc1. The molecule has 2 aromatic rings. The maximum Gasteiger partial charge on any atom is 0.240 e. The van der Waals surface area contributed by atoms with Crippen LogP contribution >= 0.6 is 15.9 Å². The third kappa shape index (κ3) is 7.58. The smallest absolute Gasteiger partial charge is 0.240 e. The molecular formula is C20H27BrN2O2S. The monoisotopic (exact) mass is 438 g/mol. The van der Waals surface area contributed by atoms with Crippen LogP contribution < -0.4 is 10.0 Å². The Morgan fingerprint density at radius 2 is 1.46 bits per heavy atom. The maximum absolute atomic E-state index is 12.1. The van der Waals surface area contributed by atoms with Gasteiger partial charge in [-0.1, -0.05) is 58.6 Å². The van der Waals surface area contributed by atoms with E-state index in [-0.39, 0.29) is 0 Å². The molecule has 0 aliphatic rings. The Labute approximate surface area is 165 Å². The van der Waals surface area contributed by atoms with E-state index in [2.05, 4.69) is 50.2 Å².